The highest BCUT2D eigenvalue weighted by atomic mass is 35.5. The number of halogens is 1. The lowest BCUT2D eigenvalue weighted by Crippen LogP contribution is -2.21. The Morgan fingerprint density at radius 3 is 2.39 bits per heavy atom. The molecule has 0 radical (unpaired) electrons. The third-order valence-electron chi connectivity index (χ3n) is 4.26. The summed E-state index contributed by atoms with van der Waals surface area (Å²) in [5, 5.41) is 13.7. The van der Waals surface area contributed by atoms with Crippen LogP contribution in [-0.4, -0.2) is 20.9 Å². The molecule has 1 N–H and O–H groups in total. The molecule has 1 aromatic heterocycles. The zero-order valence-corrected chi connectivity index (χ0v) is 15.9. The van der Waals surface area contributed by atoms with Gasteiger partial charge in [-0.2, -0.15) is 10.4 Å². The number of anilines is 1. The van der Waals surface area contributed by atoms with E-state index in [-0.39, 0.29) is 22.5 Å². The smallest absolute Gasteiger partial charge is 0.286 e. The molecule has 0 fully saturated rings. The fraction of sp³-hybridized carbons (Fsp3) is 0.100. The van der Waals surface area contributed by atoms with Crippen molar-refractivity contribution in [1.29, 1.82) is 5.26 Å². The fourth-order valence-corrected chi connectivity index (χ4v) is 2.80. The quantitative estimate of drug-likeness (QED) is 0.409. The minimum absolute atomic E-state index is 0.183. The lowest BCUT2D eigenvalue weighted by Gasteiger charge is -2.07. The maximum absolute atomic E-state index is 12.8. The average molecular weight is 394 g/mol. The zero-order valence-electron chi connectivity index (χ0n) is 15.2. The first-order valence-electron chi connectivity index (χ1n) is 8.32. The standard InChI is InChI=1S/C20H16ClN5O2/c1-13-18(20(28)26(25(13)2)16-6-4-3-5-7-16)24-23-17(12-22)19(27)14-8-10-15(21)11-9-14/h3-11,24H,1-2H3. The number of hydrazone groups is 1. The summed E-state index contributed by atoms with van der Waals surface area (Å²) in [6, 6.07) is 17.0. The first-order valence-corrected chi connectivity index (χ1v) is 8.70. The predicted octanol–water partition coefficient (Wildman–Crippen LogP) is 3.31. The van der Waals surface area contributed by atoms with E-state index in [9.17, 15) is 14.9 Å². The van der Waals surface area contributed by atoms with Crippen molar-refractivity contribution in [1.82, 2.24) is 9.36 Å². The number of nitrogens with one attached hydrogen (secondary N) is 1. The Bertz CT molecular complexity index is 1150. The van der Waals surface area contributed by atoms with E-state index < -0.39 is 5.78 Å². The number of rotatable bonds is 5. The van der Waals surface area contributed by atoms with E-state index >= 15 is 0 Å². The number of hydrogen-bond acceptors (Lipinski definition) is 5. The number of carbonyl (C=O) groups excluding carboxylic acids is 1. The number of benzene rings is 2. The Hall–Kier alpha value is -3.63. The summed E-state index contributed by atoms with van der Waals surface area (Å²) in [5.74, 6) is -0.566. The van der Waals surface area contributed by atoms with Gasteiger partial charge >= 0.3 is 0 Å². The summed E-state index contributed by atoms with van der Waals surface area (Å²) < 4.78 is 3.14. The molecule has 0 bridgehead atoms. The number of para-hydroxylation sites is 1. The van der Waals surface area contributed by atoms with Gasteiger partial charge < -0.3 is 0 Å². The monoisotopic (exact) mass is 393 g/mol. The van der Waals surface area contributed by atoms with Gasteiger partial charge in [-0.15, -0.1) is 0 Å². The molecule has 1 heterocycles. The molecule has 0 spiro atoms. The summed E-state index contributed by atoms with van der Waals surface area (Å²) in [6.07, 6.45) is 0. The Labute approximate surface area is 166 Å². The molecule has 3 aromatic rings. The van der Waals surface area contributed by atoms with Crippen LogP contribution >= 0.6 is 11.6 Å². The van der Waals surface area contributed by atoms with Gasteiger partial charge in [0.2, 0.25) is 11.5 Å². The molecular weight excluding hydrogens is 378 g/mol. The summed E-state index contributed by atoms with van der Waals surface area (Å²) in [5.41, 5.74) is 3.64. The van der Waals surface area contributed by atoms with E-state index in [4.69, 9.17) is 11.6 Å². The van der Waals surface area contributed by atoms with Crippen molar-refractivity contribution in [2.45, 2.75) is 6.92 Å². The van der Waals surface area contributed by atoms with Crippen LogP contribution in [0.3, 0.4) is 0 Å². The number of Topliss-reactive ketones (excluding diaryl/α,β-unsaturated/α-hetero) is 1. The molecule has 0 amide bonds. The number of nitriles is 1. The molecule has 140 valence electrons. The first-order chi connectivity index (χ1) is 13.4. The Balaban J connectivity index is 1.95. The van der Waals surface area contributed by atoms with Gasteiger partial charge in [0.05, 0.1) is 11.4 Å². The van der Waals surface area contributed by atoms with Gasteiger partial charge in [0.15, 0.2) is 0 Å². The third kappa shape index (κ3) is 3.59. The van der Waals surface area contributed by atoms with Crippen molar-refractivity contribution in [3.8, 4) is 11.8 Å². The van der Waals surface area contributed by atoms with Gasteiger partial charge in [-0.05, 0) is 43.3 Å². The van der Waals surface area contributed by atoms with Gasteiger partial charge in [0.25, 0.3) is 5.56 Å². The van der Waals surface area contributed by atoms with Crippen molar-refractivity contribution < 1.29 is 4.79 Å². The fourth-order valence-electron chi connectivity index (χ4n) is 2.67. The third-order valence-corrected chi connectivity index (χ3v) is 4.51. The summed E-state index contributed by atoms with van der Waals surface area (Å²) >= 11 is 5.82. The molecule has 2 aromatic carbocycles. The summed E-state index contributed by atoms with van der Waals surface area (Å²) in [6.45, 7) is 1.74. The number of hydrogen-bond donors (Lipinski definition) is 1. The van der Waals surface area contributed by atoms with Crippen LogP contribution in [0.15, 0.2) is 64.5 Å². The molecule has 0 aliphatic heterocycles. The maximum atomic E-state index is 12.8. The van der Waals surface area contributed by atoms with Crippen LogP contribution < -0.4 is 11.0 Å². The molecular formula is C20H16ClN5O2. The normalized spacial score (nSPS) is 11.1. The Morgan fingerprint density at radius 1 is 1.14 bits per heavy atom. The van der Waals surface area contributed by atoms with Crippen molar-refractivity contribution in [2.75, 3.05) is 5.43 Å². The molecule has 0 saturated carbocycles. The van der Waals surface area contributed by atoms with E-state index in [2.05, 4.69) is 10.5 Å². The maximum Gasteiger partial charge on any atom is 0.296 e. The minimum Gasteiger partial charge on any atom is -0.286 e. The highest BCUT2D eigenvalue weighted by Gasteiger charge is 2.18. The van der Waals surface area contributed by atoms with Gasteiger partial charge in [0, 0.05) is 17.6 Å². The van der Waals surface area contributed by atoms with Crippen molar-refractivity contribution in [3.05, 3.63) is 81.2 Å². The summed E-state index contributed by atoms with van der Waals surface area (Å²) in [4.78, 5) is 25.3. The second kappa shape index (κ2) is 7.94. The second-order valence-corrected chi connectivity index (χ2v) is 6.39. The zero-order chi connectivity index (χ0) is 20.3. The number of carbonyl (C=O) groups is 1. The van der Waals surface area contributed by atoms with Crippen LogP contribution in [0, 0.1) is 18.3 Å². The van der Waals surface area contributed by atoms with Crippen molar-refractivity contribution >= 4 is 28.8 Å². The van der Waals surface area contributed by atoms with Crippen LogP contribution in [0.4, 0.5) is 5.69 Å². The largest absolute Gasteiger partial charge is 0.296 e. The van der Waals surface area contributed by atoms with Crippen LogP contribution in [0.25, 0.3) is 5.69 Å². The van der Waals surface area contributed by atoms with E-state index in [0.717, 1.165) is 0 Å². The van der Waals surface area contributed by atoms with Gasteiger partial charge in [-0.3, -0.25) is 19.7 Å². The van der Waals surface area contributed by atoms with E-state index in [1.807, 2.05) is 18.2 Å². The summed E-state index contributed by atoms with van der Waals surface area (Å²) in [7, 11) is 1.74. The number of ketones is 1. The molecule has 0 unspecified atom stereocenters. The van der Waals surface area contributed by atoms with E-state index in [0.29, 0.717) is 16.4 Å². The topological polar surface area (TPSA) is 92.2 Å². The molecule has 28 heavy (non-hydrogen) atoms. The molecule has 3 rings (SSSR count). The van der Waals surface area contributed by atoms with Gasteiger partial charge in [0.1, 0.15) is 11.8 Å². The Morgan fingerprint density at radius 2 is 1.79 bits per heavy atom. The van der Waals surface area contributed by atoms with Crippen LogP contribution in [0.1, 0.15) is 16.1 Å². The first kappa shape index (κ1) is 19.1. The Kier molecular flexibility index (Phi) is 5.43. The van der Waals surface area contributed by atoms with E-state index in [1.165, 1.54) is 16.8 Å². The molecule has 0 aliphatic rings. The predicted molar refractivity (Wildman–Crippen MR) is 108 cm³/mol. The highest BCUT2D eigenvalue weighted by molar-refractivity contribution is 6.51. The van der Waals surface area contributed by atoms with Crippen molar-refractivity contribution in [3.63, 3.8) is 0 Å². The van der Waals surface area contributed by atoms with Gasteiger partial charge in [-0.1, -0.05) is 29.8 Å². The minimum atomic E-state index is -0.566. The molecule has 0 aliphatic carbocycles. The van der Waals surface area contributed by atoms with Crippen molar-refractivity contribution in [2.24, 2.45) is 12.1 Å². The van der Waals surface area contributed by atoms with E-state index in [1.54, 1.807) is 49.0 Å². The van der Waals surface area contributed by atoms with Crippen LogP contribution in [-0.2, 0) is 7.05 Å². The molecule has 8 heteroatoms. The van der Waals surface area contributed by atoms with Crippen LogP contribution in [0.5, 0.6) is 0 Å². The average Bonchev–Trinajstić information content (AvgIpc) is 2.92. The lowest BCUT2D eigenvalue weighted by molar-refractivity contribution is 0.106. The lowest BCUT2D eigenvalue weighted by atomic mass is 10.1. The molecule has 0 atom stereocenters. The van der Waals surface area contributed by atoms with Gasteiger partial charge in [-0.25, -0.2) is 4.68 Å². The SMILES string of the molecule is Cc1c(NN=C(C#N)C(=O)c2ccc(Cl)cc2)c(=O)n(-c2ccccc2)n1C. The number of aromatic nitrogens is 2. The highest BCUT2D eigenvalue weighted by Crippen LogP contribution is 2.14. The second-order valence-electron chi connectivity index (χ2n) is 5.96. The van der Waals surface area contributed by atoms with Crippen LogP contribution in [0.2, 0.25) is 5.02 Å². The molecule has 7 nitrogen and oxygen atoms in total. The number of nitrogens with zero attached hydrogens (tertiary/aromatic N) is 4. The molecule has 0 saturated heterocycles.